The lowest BCUT2D eigenvalue weighted by Gasteiger charge is -2.05. The summed E-state index contributed by atoms with van der Waals surface area (Å²) in [4.78, 5) is 15.3. The van der Waals surface area contributed by atoms with E-state index in [-0.39, 0.29) is 5.78 Å². The van der Waals surface area contributed by atoms with Crippen molar-refractivity contribution >= 4 is 16.7 Å². The van der Waals surface area contributed by atoms with Gasteiger partial charge < -0.3 is 9.72 Å². The second-order valence-electron chi connectivity index (χ2n) is 4.86. The number of hydrogen-bond donors (Lipinski definition) is 1. The molecule has 0 saturated heterocycles. The number of carbonyl (C=O) groups is 1. The molecule has 1 aromatic heterocycles. The van der Waals surface area contributed by atoms with Crippen LogP contribution in [0.3, 0.4) is 0 Å². The van der Waals surface area contributed by atoms with Crippen molar-refractivity contribution in [3.63, 3.8) is 0 Å². The second-order valence-corrected chi connectivity index (χ2v) is 4.86. The highest BCUT2D eigenvalue weighted by Crippen LogP contribution is 2.25. The minimum atomic E-state index is 0.185. The zero-order chi connectivity index (χ0) is 13.1. The summed E-state index contributed by atoms with van der Waals surface area (Å²) in [5.41, 5.74) is 1.74. The second kappa shape index (κ2) is 5.25. The SMILES string of the molecule is CCOc1ccc2[nH]cc(C(=O)CC(C)C)c2c1. The van der Waals surface area contributed by atoms with Gasteiger partial charge >= 0.3 is 0 Å². The van der Waals surface area contributed by atoms with Gasteiger partial charge in [-0.05, 0) is 31.0 Å². The van der Waals surface area contributed by atoms with Gasteiger partial charge in [-0.2, -0.15) is 0 Å². The first-order valence-electron chi connectivity index (χ1n) is 6.39. The van der Waals surface area contributed by atoms with Gasteiger partial charge in [0.05, 0.1) is 6.61 Å². The van der Waals surface area contributed by atoms with Gasteiger partial charge in [-0.15, -0.1) is 0 Å². The van der Waals surface area contributed by atoms with E-state index >= 15 is 0 Å². The lowest BCUT2D eigenvalue weighted by atomic mass is 10.0. The quantitative estimate of drug-likeness (QED) is 0.814. The molecule has 18 heavy (non-hydrogen) atoms. The Morgan fingerprint density at radius 3 is 2.83 bits per heavy atom. The molecule has 0 saturated carbocycles. The molecule has 0 aliphatic carbocycles. The minimum absolute atomic E-state index is 0.185. The fourth-order valence-electron chi connectivity index (χ4n) is 2.07. The Hall–Kier alpha value is -1.77. The summed E-state index contributed by atoms with van der Waals surface area (Å²) < 4.78 is 5.47. The van der Waals surface area contributed by atoms with Crippen molar-refractivity contribution in [2.45, 2.75) is 27.2 Å². The van der Waals surface area contributed by atoms with Gasteiger partial charge in [0.15, 0.2) is 5.78 Å². The Kier molecular flexibility index (Phi) is 3.70. The van der Waals surface area contributed by atoms with Crippen LogP contribution in [0.25, 0.3) is 10.9 Å². The molecule has 0 unspecified atom stereocenters. The van der Waals surface area contributed by atoms with E-state index in [1.54, 1.807) is 6.20 Å². The van der Waals surface area contributed by atoms with Crippen molar-refractivity contribution in [3.8, 4) is 5.75 Å². The first-order chi connectivity index (χ1) is 8.61. The van der Waals surface area contributed by atoms with Crippen molar-refractivity contribution in [1.29, 1.82) is 0 Å². The highest BCUT2D eigenvalue weighted by molar-refractivity contribution is 6.08. The average molecular weight is 245 g/mol. The number of ketones is 1. The Morgan fingerprint density at radius 2 is 2.17 bits per heavy atom. The molecule has 3 nitrogen and oxygen atoms in total. The predicted octanol–water partition coefficient (Wildman–Crippen LogP) is 3.80. The van der Waals surface area contributed by atoms with Crippen LogP contribution in [-0.2, 0) is 0 Å². The normalized spacial score (nSPS) is 11.1. The number of aromatic amines is 1. The van der Waals surface area contributed by atoms with Crippen LogP contribution >= 0.6 is 0 Å². The van der Waals surface area contributed by atoms with Crippen molar-refractivity contribution in [1.82, 2.24) is 4.98 Å². The number of rotatable bonds is 5. The molecule has 0 aliphatic rings. The number of Topliss-reactive ketones (excluding diaryl/α,β-unsaturated/α-hetero) is 1. The molecule has 0 aliphatic heterocycles. The summed E-state index contributed by atoms with van der Waals surface area (Å²) in [5.74, 6) is 1.37. The monoisotopic (exact) mass is 245 g/mol. The van der Waals surface area contributed by atoms with E-state index in [0.717, 1.165) is 22.2 Å². The van der Waals surface area contributed by atoms with Crippen LogP contribution in [0.4, 0.5) is 0 Å². The van der Waals surface area contributed by atoms with E-state index in [1.807, 2.05) is 25.1 Å². The molecule has 2 aromatic rings. The zero-order valence-electron chi connectivity index (χ0n) is 11.1. The van der Waals surface area contributed by atoms with Crippen molar-refractivity contribution in [2.75, 3.05) is 6.61 Å². The minimum Gasteiger partial charge on any atom is -0.494 e. The fourth-order valence-corrected chi connectivity index (χ4v) is 2.07. The van der Waals surface area contributed by atoms with Gasteiger partial charge in [0, 0.05) is 29.1 Å². The molecule has 1 aromatic carbocycles. The summed E-state index contributed by atoms with van der Waals surface area (Å²) in [6.07, 6.45) is 2.37. The van der Waals surface area contributed by atoms with Gasteiger partial charge in [-0.25, -0.2) is 0 Å². The van der Waals surface area contributed by atoms with Crippen LogP contribution in [-0.4, -0.2) is 17.4 Å². The standard InChI is InChI=1S/C15H19NO2/c1-4-18-11-5-6-14-12(8-11)13(9-16-14)15(17)7-10(2)3/h5-6,8-10,16H,4,7H2,1-3H3. The Bertz CT molecular complexity index is 555. The largest absolute Gasteiger partial charge is 0.494 e. The number of fused-ring (bicyclic) bond motifs is 1. The third kappa shape index (κ3) is 2.55. The van der Waals surface area contributed by atoms with E-state index in [9.17, 15) is 4.79 Å². The molecular formula is C15H19NO2. The highest BCUT2D eigenvalue weighted by Gasteiger charge is 2.13. The van der Waals surface area contributed by atoms with Crippen molar-refractivity contribution < 1.29 is 9.53 Å². The maximum atomic E-state index is 12.1. The Labute approximate surface area is 107 Å². The van der Waals surface area contributed by atoms with Crippen LogP contribution in [0.2, 0.25) is 0 Å². The van der Waals surface area contributed by atoms with Gasteiger partial charge in [0.1, 0.15) is 5.75 Å². The van der Waals surface area contributed by atoms with Crippen LogP contribution in [0.5, 0.6) is 5.75 Å². The van der Waals surface area contributed by atoms with Crippen LogP contribution in [0, 0.1) is 5.92 Å². The molecule has 0 radical (unpaired) electrons. The maximum Gasteiger partial charge on any atom is 0.165 e. The van der Waals surface area contributed by atoms with Crippen LogP contribution < -0.4 is 4.74 Å². The lowest BCUT2D eigenvalue weighted by Crippen LogP contribution is -2.02. The molecule has 0 bridgehead atoms. The number of ether oxygens (including phenoxy) is 1. The molecule has 1 N–H and O–H groups in total. The van der Waals surface area contributed by atoms with E-state index in [0.29, 0.717) is 18.9 Å². The number of H-pyrrole nitrogens is 1. The third-order valence-corrected chi connectivity index (χ3v) is 2.86. The third-order valence-electron chi connectivity index (χ3n) is 2.86. The number of nitrogens with one attached hydrogen (secondary N) is 1. The van der Waals surface area contributed by atoms with Crippen LogP contribution in [0.1, 0.15) is 37.6 Å². The molecule has 3 heteroatoms. The summed E-state index contributed by atoms with van der Waals surface area (Å²) in [7, 11) is 0. The zero-order valence-corrected chi connectivity index (χ0v) is 11.1. The fraction of sp³-hybridized carbons (Fsp3) is 0.400. The molecule has 2 rings (SSSR count). The lowest BCUT2D eigenvalue weighted by molar-refractivity contribution is 0.0969. The van der Waals surface area contributed by atoms with Gasteiger partial charge in [-0.1, -0.05) is 13.8 Å². The number of hydrogen-bond acceptors (Lipinski definition) is 2. The number of carbonyl (C=O) groups excluding carboxylic acids is 1. The summed E-state index contributed by atoms with van der Waals surface area (Å²) in [6.45, 7) is 6.69. The highest BCUT2D eigenvalue weighted by atomic mass is 16.5. The summed E-state index contributed by atoms with van der Waals surface area (Å²) in [5, 5.41) is 0.951. The average Bonchev–Trinajstić information content (AvgIpc) is 2.71. The smallest absolute Gasteiger partial charge is 0.165 e. The van der Waals surface area contributed by atoms with E-state index in [4.69, 9.17) is 4.74 Å². The molecular weight excluding hydrogens is 226 g/mol. The molecule has 0 amide bonds. The first kappa shape index (κ1) is 12.7. The first-order valence-corrected chi connectivity index (χ1v) is 6.39. The maximum absolute atomic E-state index is 12.1. The van der Waals surface area contributed by atoms with Gasteiger partial charge in [0.2, 0.25) is 0 Å². The number of aromatic nitrogens is 1. The van der Waals surface area contributed by atoms with Crippen LogP contribution in [0.15, 0.2) is 24.4 Å². The van der Waals surface area contributed by atoms with Crippen molar-refractivity contribution in [3.05, 3.63) is 30.0 Å². The molecule has 0 spiro atoms. The number of benzene rings is 1. The van der Waals surface area contributed by atoms with Gasteiger partial charge in [-0.3, -0.25) is 4.79 Å². The van der Waals surface area contributed by atoms with E-state index < -0.39 is 0 Å². The van der Waals surface area contributed by atoms with Crippen molar-refractivity contribution in [2.24, 2.45) is 5.92 Å². The van der Waals surface area contributed by atoms with E-state index in [1.165, 1.54) is 0 Å². The summed E-state index contributed by atoms with van der Waals surface area (Å²) in [6, 6.07) is 5.80. The Morgan fingerprint density at radius 1 is 1.39 bits per heavy atom. The van der Waals surface area contributed by atoms with Gasteiger partial charge in [0.25, 0.3) is 0 Å². The van der Waals surface area contributed by atoms with E-state index in [2.05, 4.69) is 18.8 Å². The molecule has 0 fully saturated rings. The Balaban J connectivity index is 2.38. The molecule has 96 valence electrons. The topological polar surface area (TPSA) is 42.1 Å². The summed E-state index contributed by atoms with van der Waals surface area (Å²) >= 11 is 0. The molecule has 0 atom stereocenters. The predicted molar refractivity (Wildman–Crippen MR) is 73.3 cm³/mol. The molecule has 1 heterocycles.